The van der Waals surface area contributed by atoms with Gasteiger partial charge in [0.1, 0.15) is 5.60 Å². The van der Waals surface area contributed by atoms with Crippen LogP contribution in [0.5, 0.6) is 0 Å². The van der Waals surface area contributed by atoms with Gasteiger partial charge in [-0.15, -0.1) is 0 Å². The summed E-state index contributed by atoms with van der Waals surface area (Å²) >= 11 is 3.34. The molecular weight excluding hydrogens is 374 g/mol. The number of carbonyl (C=O) groups excluding carboxylic acids is 2. The molecule has 0 aromatic heterocycles. The average Bonchev–Trinajstić information content (AvgIpc) is 2.38. The maximum atomic E-state index is 11.6. The van der Waals surface area contributed by atoms with Crippen molar-refractivity contribution in [3.8, 4) is 0 Å². The molecule has 0 atom stereocenters. The van der Waals surface area contributed by atoms with Crippen LogP contribution in [0.4, 0.5) is 16.2 Å². The van der Waals surface area contributed by atoms with Crippen molar-refractivity contribution in [1.82, 2.24) is 0 Å². The summed E-state index contributed by atoms with van der Waals surface area (Å²) in [5.41, 5.74) is 11.3. The molecule has 0 aliphatic carbocycles. The highest BCUT2D eigenvalue weighted by Crippen LogP contribution is 2.23. The van der Waals surface area contributed by atoms with E-state index in [1.807, 2.05) is 12.1 Å². The number of rotatable bonds is 4. The lowest BCUT2D eigenvalue weighted by Crippen LogP contribution is -2.27. The second-order valence-corrected chi connectivity index (χ2v) is 7.66. The molecular formula is C17H28BrN3O3. The van der Waals surface area contributed by atoms with E-state index in [0.717, 1.165) is 10.9 Å². The van der Waals surface area contributed by atoms with E-state index in [-0.39, 0.29) is 5.91 Å². The number of nitrogens with two attached hydrogens (primary N) is 2. The summed E-state index contributed by atoms with van der Waals surface area (Å²) in [4.78, 5) is 21.6. The van der Waals surface area contributed by atoms with E-state index in [0.29, 0.717) is 23.7 Å². The topological polar surface area (TPSA) is 107 Å². The van der Waals surface area contributed by atoms with Crippen molar-refractivity contribution < 1.29 is 14.3 Å². The van der Waals surface area contributed by atoms with Gasteiger partial charge < -0.3 is 21.5 Å². The number of nitrogen functional groups attached to an aromatic ring is 1. The molecule has 0 saturated heterocycles. The zero-order valence-corrected chi connectivity index (χ0v) is 16.6. The van der Waals surface area contributed by atoms with Crippen LogP contribution in [0.3, 0.4) is 0 Å². The summed E-state index contributed by atoms with van der Waals surface area (Å²) in [6.45, 7) is 9.48. The minimum atomic E-state index is -0.725. The van der Waals surface area contributed by atoms with Gasteiger partial charge in [0.2, 0.25) is 5.91 Å². The second-order valence-electron chi connectivity index (χ2n) is 6.75. The first-order chi connectivity index (χ1) is 10.9. The maximum absolute atomic E-state index is 11.6. The van der Waals surface area contributed by atoms with Crippen molar-refractivity contribution in [1.29, 1.82) is 0 Å². The maximum Gasteiger partial charge on any atom is 0.405 e. The number of hydrogen-bond acceptors (Lipinski definition) is 4. The van der Waals surface area contributed by atoms with Gasteiger partial charge in [-0.05, 0) is 51.3 Å². The summed E-state index contributed by atoms with van der Waals surface area (Å²) < 4.78 is 5.48. The Morgan fingerprint density at radius 1 is 1.29 bits per heavy atom. The zero-order valence-electron chi connectivity index (χ0n) is 15.0. The standard InChI is InChI=1S/C12H17BrN2O.C5H11NO2/c1-8(2)3-6-12(16)15-11-7-9(13)4-5-10(11)14;1-5(2,3)8-4(6)7/h4-5,7-8H,3,6,14H2,1-2H3,(H,15,16);1-3H3,(H2,6,7). The molecule has 0 spiro atoms. The normalized spacial score (nSPS) is 10.6. The van der Waals surface area contributed by atoms with Crippen LogP contribution in [0, 0.1) is 5.92 Å². The van der Waals surface area contributed by atoms with E-state index in [4.69, 9.17) is 11.5 Å². The van der Waals surface area contributed by atoms with E-state index in [2.05, 4.69) is 39.8 Å². The summed E-state index contributed by atoms with van der Waals surface area (Å²) in [5.74, 6) is 0.545. The lowest BCUT2D eigenvalue weighted by molar-refractivity contribution is -0.116. The molecule has 1 rings (SSSR count). The Hall–Kier alpha value is -1.76. The predicted octanol–water partition coefficient (Wildman–Crippen LogP) is 4.29. The molecule has 1 aromatic rings. The van der Waals surface area contributed by atoms with Gasteiger partial charge in [0.25, 0.3) is 0 Å². The Morgan fingerprint density at radius 2 is 1.88 bits per heavy atom. The first kappa shape index (κ1) is 22.2. The van der Waals surface area contributed by atoms with Crippen molar-refractivity contribution in [2.24, 2.45) is 11.7 Å². The molecule has 2 amide bonds. The Kier molecular flexibility index (Phi) is 9.43. The van der Waals surface area contributed by atoms with Gasteiger partial charge in [0.05, 0.1) is 11.4 Å². The molecule has 6 nitrogen and oxygen atoms in total. The number of halogens is 1. The van der Waals surface area contributed by atoms with Gasteiger partial charge in [-0.3, -0.25) is 4.79 Å². The quantitative estimate of drug-likeness (QED) is 0.653. The minimum absolute atomic E-state index is 0.0125. The van der Waals surface area contributed by atoms with Crippen LogP contribution in [-0.4, -0.2) is 17.6 Å². The molecule has 136 valence electrons. The minimum Gasteiger partial charge on any atom is -0.444 e. The highest BCUT2D eigenvalue weighted by Gasteiger charge is 2.12. The van der Waals surface area contributed by atoms with Crippen LogP contribution >= 0.6 is 15.9 Å². The highest BCUT2D eigenvalue weighted by atomic mass is 79.9. The summed E-state index contributed by atoms with van der Waals surface area (Å²) in [7, 11) is 0. The lowest BCUT2D eigenvalue weighted by atomic mass is 10.1. The average molecular weight is 402 g/mol. The third-order valence-electron chi connectivity index (χ3n) is 2.64. The van der Waals surface area contributed by atoms with Crippen molar-refractivity contribution in [2.75, 3.05) is 11.1 Å². The van der Waals surface area contributed by atoms with E-state index < -0.39 is 11.7 Å². The van der Waals surface area contributed by atoms with Crippen LogP contribution in [-0.2, 0) is 9.53 Å². The number of carbonyl (C=O) groups is 2. The molecule has 0 bridgehead atoms. The number of nitrogens with one attached hydrogen (secondary N) is 1. The van der Waals surface area contributed by atoms with Crippen LogP contribution in [0.1, 0.15) is 47.5 Å². The number of ether oxygens (including phenoxy) is 1. The Morgan fingerprint density at radius 3 is 2.29 bits per heavy atom. The molecule has 0 aliphatic heterocycles. The molecule has 1 aromatic carbocycles. The number of hydrogen-bond donors (Lipinski definition) is 3. The van der Waals surface area contributed by atoms with Crippen molar-refractivity contribution in [3.63, 3.8) is 0 Å². The van der Waals surface area contributed by atoms with Crippen molar-refractivity contribution in [2.45, 2.75) is 53.1 Å². The molecule has 0 saturated carbocycles. The van der Waals surface area contributed by atoms with Crippen LogP contribution in [0.2, 0.25) is 0 Å². The number of anilines is 2. The number of primary amides is 1. The highest BCUT2D eigenvalue weighted by molar-refractivity contribution is 9.10. The molecule has 5 N–H and O–H groups in total. The summed E-state index contributed by atoms with van der Waals surface area (Å²) in [5, 5.41) is 2.81. The number of amides is 2. The van der Waals surface area contributed by atoms with Gasteiger partial charge in [-0.1, -0.05) is 29.8 Å². The Balaban J connectivity index is 0.000000561. The molecule has 7 heteroatoms. The van der Waals surface area contributed by atoms with Gasteiger partial charge in [-0.2, -0.15) is 0 Å². The first-order valence-corrected chi connectivity index (χ1v) is 8.53. The molecule has 0 unspecified atom stereocenters. The molecule has 0 aliphatic rings. The lowest BCUT2D eigenvalue weighted by Gasteiger charge is -2.16. The first-order valence-electron chi connectivity index (χ1n) is 7.74. The van der Waals surface area contributed by atoms with E-state index >= 15 is 0 Å². The summed E-state index contributed by atoms with van der Waals surface area (Å²) in [6.07, 6.45) is 0.695. The van der Waals surface area contributed by atoms with Gasteiger partial charge in [0.15, 0.2) is 0 Å². The van der Waals surface area contributed by atoms with Gasteiger partial charge >= 0.3 is 6.09 Å². The largest absolute Gasteiger partial charge is 0.444 e. The van der Waals surface area contributed by atoms with E-state index in [9.17, 15) is 9.59 Å². The fraction of sp³-hybridized carbons (Fsp3) is 0.529. The van der Waals surface area contributed by atoms with Crippen molar-refractivity contribution >= 4 is 39.3 Å². The third kappa shape index (κ3) is 11.8. The Bertz CT molecular complexity index is 555. The fourth-order valence-electron chi connectivity index (χ4n) is 1.57. The monoisotopic (exact) mass is 401 g/mol. The van der Waals surface area contributed by atoms with Crippen LogP contribution < -0.4 is 16.8 Å². The zero-order chi connectivity index (χ0) is 18.9. The third-order valence-corrected chi connectivity index (χ3v) is 3.14. The molecule has 0 heterocycles. The SMILES string of the molecule is CC(C)(C)OC(N)=O.CC(C)CCC(=O)Nc1cc(Br)ccc1N. The van der Waals surface area contributed by atoms with Crippen LogP contribution in [0.15, 0.2) is 22.7 Å². The van der Waals surface area contributed by atoms with Crippen molar-refractivity contribution in [3.05, 3.63) is 22.7 Å². The van der Waals surface area contributed by atoms with E-state index in [1.165, 1.54) is 0 Å². The fourth-order valence-corrected chi connectivity index (χ4v) is 1.93. The molecule has 24 heavy (non-hydrogen) atoms. The smallest absolute Gasteiger partial charge is 0.405 e. The molecule has 0 radical (unpaired) electrons. The predicted molar refractivity (Wildman–Crippen MR) is 102 cm³/mol. The van der Waals surface area contributed by atoms with Crippen LogP contribution in [0.25, 0.3) is 0 Å². The van der Waals surface area contributed by atoms with E-state index in [1.54, 1.807) is 26.8 Å². The molecule has 0 fully saturated rings. The summed E-state index contributed by atoms with van der Waals surface area (Å²) in [6, 6.07) is 5.42. The number of benzene rings is 1. The van der Waals surface area contributed by atoms with Gasteiger partial charge in [-0.25, -0.2) is 4.79 Å². The Labute approximate surface area is 152 Å². The second kappa shape index (κ2) is 10.2. The van der Waals surface area contributed by atoms with Gasteiger partial charge in [0, 0.05) is 10.9 Å².